The van der Waals surface area contributed by atoms with Crippen LogP contribution >= 0.6 is 0 Å². The fourth-order valence-corrected chi connectivity index (χ4v) is 0.786. The van der Waals surface area contributed by atoms with Crippen LogP contribution in [0.3, 0.4) is 0 Å². The molecule has 0 rings (SSSR count). The molecule has 0 aliphatic heterocycles. The van der Waals surface area contributed by atoms with Crippen LogP contribution in [0.4, 0.5) is 4.79 Å². The number of hydrogen-bond donors (Lipinski definition) is 0. The van der Waals surface area contributed by atoms with Gasteiger partial charge in [0.15, 0.2) is 0 Å². The van der Waals surface area contributed by atoms with Gasteiger partial charge in [0.25, 0.3) is 0 Å². The average Bonchev–Trinajstić information content (AvgIpc) is 2.39. The minimum atomic E-state index is -0.531. The first-order chi connectivity index (χ1) is 8.62. The van der Waals surface area contributed by atoms with Gasteiger partial charge in [0.2, 0.25) is 0 Å². The van der Waals surface area contributed by atoms with E-state index in [4.69, 9.17) is 9.47 Å². The van der Waals surface area contributed by atoms with E-state index < -0.39 is 6.16 Å². The molecular weight excluding hydrogens is 236 g/mol. The molecular formula is C13H26O5. The predicted molar refractivity (Wildman–Crippen MR) is 69.4 cm³/mol. The molecule has 0 atom stereocenters. The van der Waals surface area contributed by atoms with Crippen LogP contribution in [-0.2, 0) is 19.0 Å². The third-order valence-corrected chi connectivity index (χ3v) is 1.95. The molecule has 0 aromatic heterocycles. The SMILES string of the molecule is CCC(=O)OC.CCCCOC(=O)OCCCC. The maximum atomic E-state index is 10.7. The van der Waals surface area contributed by atoms with Gasteiger partial charge in [0.05, 0.1) is 20.3 Å². The molecule has 0 unspecified atom stereocenters. The van der Waals surface area contributed by atoms with Crippen LogP contribution in [0.25, 0.3) is 0 Å². The smallest absolute Gasteiger partial charge is 0.469 e. The van der Waals surface area contributed by atoms with E-state index in [1.54, 1.807) is 6.92 Å². The van der Waals surface area contributed by atoms with Gasteiger partial charge in [-0.25, -0.2) is 4.79 Å². The predicted octanol–water partition coefficient (Wildman–Crippen LogP) is 3.31. The van der Waals surface area contributed by atoms with Crippen molar-refractivity contribution in [2.45, 2.75) is 52.9 Å². The van der Waals surface area contributed by atoms with Gasteiger partial charge >= 0.3 is 12.1 Å². The fraction of sp³-hybridized carbons (Fsp3) is 0.846. The largest absolute Gasteiger partial charge is 0.508 e. The third kappa shape index (κ3) is 17.1. The number of carbonyl (C=O) groups is 2. The molecule has 0 radical (unpaired) electrons. The third-order valence-electron chi connectivity index (χ3n) is 1.95. The monoisotopic (exact) mass is 262 g/mol. The van der Waals surface area contributed by atoms with Crippen LogP contribution in [0.2, 0.25) is 0 Å². The molecule has 0 amide bonds. The summed E-state index contributed by atoms with van der Waals surface area (Å²) >= 11 is 0. The van der Waals surface area contributed by atoms with Crippen molar-refractivity contribution in [3.63, 3.8) is 0 Å². The van der Waals surface area contributed by atoms with Crippen molar-refractivity contribution in [3.05, 3.63) is 0 Å². The molecule has 0 fully saturated rings. The van der Waals surface area contributed by atoms with Crippen molar-refractivity contribution < 1.29 is 23.8 Å². The summed E-state index contributed by atoms with van der Waals surface area (Å²) in [6.07, 6.45) is 3.81. The van der Waals surface area contributed by atoms with Gasteiger partial charge < -0.3 is 14.2 Å². The molecule has 0 aliphatic carbocycles. The van der Waals surface area contributed by atoms with E-state index >= 15 is 0 Å². The van der Waals surface area contributed by atoms with E-state index in [9.17, 15) is 9.59 Å². The van der Waals surface area contributed by atoms with Crippen molar-refractivity contribution in [1.29, 1.82) is 0 Å². The Morgan fingerprint density at radius 2 is 1.33 bits per heavy atom. The molecule has 0 heterocycles. The lowest BCUT2D eigenvalue weighted by Gasteiger charge is -2.04. The Balaban J connectivity index is 0. The highest BCUT2D eigenvalue weighted by Gasteiger charge is 2.00. The number of methoxy groups -OCH3 is 1. The molecule has 0 aliphatic rings. The average molecular weight is 262 g/mol. The lowest BCUT2D eigenvalue weighted by molar-refractivity contribution is -0.140. The number of hydrogen-bond acceptors (Lipinski definition) is 5. The normalized spacial score (nSPS) is 8.89. The van der Waals surface area contributed by atoms with Crippen LogP contribution in [-0.4, -0.2) is 32.4 Å². The summed E-state index contributed by atoms with van der Waals surface area (Å²) in [6, 6.07) is 0. The van der Waals surface area contributed by atoms with Gasteiger partial charge in [-0.15, -0.1) is 0 Å². The summed E-state index contributed by atoms with van der Waals surface area (Å²) in [6.45, 7) is 6.80. The fourth-order valence-electron chi connectivity index (χ4n) is 0.786. The second kappa shape index (κ2) is 15.7. The Bertz CT molecular complexity index is 186. The van der Waals surface area contributed by atoms with Crippen LogP contribution in [0.15, 0.2) is 0 Å². The van der Waals surface area contributed by atoms with Crippen LogP contribution in [0, 0.1) is 0 Å². The number of ether oxygens (including phenoxy) is 3. The second-order valence-corrected chi connectivity index (χ2v) is 3.58. The number of rotatable bonds is 7. The van der Waals surface area contributed by atoms with E-state index in [0.29, 0.717) is 19.6 Å². The van der Waals surface area contributed by atoms with Crippen molar-refractivity contribution >= 4 is 12.1 Å². The molecule has 0 aromatic rings. The number of esters is 1. The molecule has 5 heteroatoms. The van der Waals surface area contributed by atoms with E-state index in [-0.39, 0.29) is 5.97 Å². The molecule has 0 N–H and O–H groups in total. The van der Waals surface area contributed by atoms with E-state index in [0.717, 1.165) is 25.7 Å². The van der Waals surface area contributed by atoms with Crippen LogP contribution in [0.5, 0.6) is 0 Å². The minimum Gasteiger partial charge on any atom is -0.469 e. The molecule has 0 saturated carbocycles. The van der Waals surface area contributed by atoms with Gasteiger partial charge in [-0.1, -0.05) is 33.6 Å². The standard InChI is InChI=1S/C9H18O3.C4H8O2/c1-3-5-7-11-9(10)12-8-6-4-2;1-3-4(5)6-2/h3-8H2,1-2H3;3H2,1-2H3. The maximum absolute atomic E-state index is 10.7. The Morgan fingerprint density at radius 3 is 1.56 bits per heavy atom. The Morgan fingerprint density at radius 1 is 0.889 bits per heavy atom. The van der Waals surface area contributed by atoms with Gasteiger partial charge in [-0.2, -0.15) is 0 Å². The lowest BCUT2D eigenvalue weighted by atomic mass is 10.4. The lowest BCUT2D eigenvalue weighted by Crippen LogP contribution is -2.09. The van der Waals surface area contributed by atoms with Gasteiger partial charge in [-0.3, -0.25) is 4.79 Å². The topological polar surface area (TPSA) is 61.8 Å². The maximum Gasteiger partial charge on any atom is 0.508 e. The zero-order valence-electron chi connectivity index (χ0n) is 12.0. The first-order valence-corrected chi connectivity index (χ1v) is 6.48. The summed E-state index contributed by atoms with van der Waals surface area (Å²) in [5.74, 6) is -0.157. The van der Waals surface area contributed by atoms with Gasteiger partial charge in [0, 0.05) is 6.42 Å². The van der Waals surface area contributed by atoms with E-state index in [1.807, 2.05) is 13.8 Å². The van der Waals surface area contributed by atoms with Gasteiger partial charge in [-0.05, 0) is 12.8 Å². The molecule has 108 valence electrons. The summed E-state index contributed by atoms with van der Waals surface area (Å²) in [7, 11) is 1.38. The number of unbranched alkanes of at least 4 members (excludes halogenated alkanes) is 2. The molecule has 0 spiro atoms. The van der Waals surface area contributed by atoms with Gasteiger partial charge in [0.1, 0.15) is 0 Å². The summed E-state index contributed by atoms with van der Waals surface area (Å²) in [5.41, 5.74) is 0. The summed E-state index contributed by atoms with van der Waals surface area (Å²) in [5, 5.41) is 0. The quantitative estimate of drug-likeness (QED) is 0.520. The van der Waals surface area contributed by atoms with Crippen molar-refractivity contribution in [2.75, 3.05) is 20.3 Å². The first kappa shape index (κ1) is 19.1. The summed E-state index contributed by atoms with van der Waals surface area (Å²) in [4.78, 5) is 20.7. The highest BCUT2D eigenvalue weighted by atomic mass is 16.7. The van der Waals surface area contributed by atoms with Crippen molar-refractivity contribution in [2.24, 2.45) is 0 Å². The molecule has 5 nitrogen and oxygen atoms in total. The summed E-state index contributed by atoms with van der Waals surface area (Å²) < 4.78 is 13.8. The first-order valence-electron chi connectivity index (χ1n) is 6.48. The molecule has 0 aromatic carbocycles. The van der Waals surface area contributed by atoms with Crippen LogP contribution < -0.4 is 0 Å². The molecule has 0 bridgehead atoms. The van der Waals surface area contributed by atoms with E-state index in [2.05, 4.69) is 4.74 Å². The molecule has 0 saturated heterocycles. The highest BCUT2D eigenvalue weighted by molar-refractivity contribution is 5.68. The Kier molecular flexibility index (Phi) is 16.7. The Labute approximate surface area is 110 Å². The Hall–Kier alpha value is -1.26. The highest BCUT2D eigenvalue weighted by Crippen LogP contribution is 1.93. The second-order valence-electron chi connectivity index (χ2n) is 3.58. The molecule has 18 heavy (non-hydrogen) atoms. The number of carbonyl (C=O) groups excluding carboxylic acids is 2. The zero-order valence-corrected chi connectivity index (χ0v) is 12.0. The van der Waals surface area contributed by atoms with E-state index in [1.165, 1.54) is 7.11 Å². The van der Waals surface area contributed by atoms with Crippen LogP contribution in [0.1, 0.15) is 52.9 Å². The van der Waals surface area contributed by atoms with Crippen molar-refractivity contribution in [3.8, 4) is 0 Å². The van der Waals surface area contributed by atoms with Crippen molar-refractivity contribution in [1.82, 2.24) is 0 Å². The zero-order chi connectivity index (χ0) is 14.2. The minimum absolute atomic E-state index is 0.157.